The second-order valence-corrected chi connectivity index (χ2v) is 5.92. The molecule has 0 spiro atoms. The molecular weight excluding hydrogens is 372 g/mol. The topological polar surface area (TPSA) is 117 Å². The predicted molar refractivity (Wildman–Crippen MR) is 98.7 cm³/mol. The molecule has 2 heterocycles. The smallest absolute Gasteiger partial charge is 0.276 e. The summed E-state index contributed by atoms with van der Waals surface area (Å²) in [6, 6.07) is 8.57. The second kappa shape index (κ2) is 7.92. The van der Waals surface area contributed by atoms with Crippen molar-refractivity contribution in [3.05, 3.63) is 59.1 Å². The number of benzene rings is 1. The van der Waals surface area contributed by atoms with E-state index in [0.717, 1.165) is 0 Å². The molecule has 9 nitrogen and oxygen atoms in total. The lowest BCUT2D eigenvalue weighted by Crippen LogP contribution is -2.18. The fourth-order valence-corrected chi connectivity index (χ4v) is 2.49. The van der Waals surface area contributed by atoms with E-state index in [1.54, 1.807) is 30.5 Å². The third kappa shape index (κ3) is 4.26. The maximum Gasteiger partial charge on any atom is 0.276 e. The normalized spacial score (nSPS) is 10.6. The van der Waals surface area contributed by atoms with Crippen LogP contribution >= 0.6 is 11.6 Å². The zero-order valence-corrected chi connectivity index (χ0v) is 15.2. The van der Waals surface area contributed by atoms with Gasteiger partial charge in [0.25, 0.3) is 11.8 Å². The summed E-state index contributed by atoms with van der Waals surface area (Å²) in [4.78, 5) is 23.9. The molecule has 27 heavy (non-hydrogen) atoms. The summed E-state index contributed by atoms with van der Waals surface area (Å²) in [6.07, 6.45) is 3.13. The number of halogens is 1. The molecule has 3 aromatic rings. The van der Waals surface area contributed by atoms with Crippen molar-refractivity contribution in [1.82, 2.24) is 19.6 Å². The van der Waals surface area contributed by atoms with Gasteiger partial charge in [0.15, 0.2) is 18.1 Å². The molecule has 0 aliphatic carbocycles. The maximum atomic E-state index is 12.4. The quantitative estimate of drug-likeness (QED) is 0.643. The minimum Gasteiger partial charge on any atom is -0.470 e. The minimum absolute atomic E-state index is 0.00770. The largest absolute Gasteiger partial charge is 0.470 e. The Labute approximate surface area is 159 Å². The van der Waals surface area contributed by atoms with Gasteiger partial charge in [-0.1, -0.05) is 23.7 Å². The van der Waals surface area contributed by atoms with Crippen molar-refractivity contribution in [2.45, 2.75) is 20.2 Å². The van der Waals surface area contributed by atoms with Crippen molar-refractivity contribution in [3.63, 3.8) is 0 Å². The third-order valence-electron chi connectivity index (χ3n) is 3.63. The average Bonchev–Trinajstić information content (AvgIpc) is 3.28. The summed E-state index contributed by atoms with van der Waals surface area (Å²) >= 11 is 6.03. The Morgan fingerprint density at radius 2 is 2.00 bits per heavy atom. The Morgan fingerprint density at radius 3 is 2.70 bits per heavy atom. The maximum absolute atomic E-state index is 12.4. The van der Waals surface area contributed by atoms with Crippen molar-refractivity contribution in [2.75, 3.05) is 5.32 Å². The highest BCUT2D eigenvalue weighted by Crippen LogP contribution is 2.23. The van der Waals surface area contributed by atoms with Gasteiger partial charge in [-0.25, -0.2) is 4.68 Å². The highest BCUT2D eigenvalue weighted by atomic mass is 35.5. The molecule has 0 unspecified atom stereocenters. The SMILES string of the molecule is CCn1cc(NC(=O)c2ccn(COc3ccccc3Cl)n2)c(C(N)=O)n1. The van der Waals surface area contributed by atoms with E-state index in [1.165, 1.54) is 21.6 Å². The van der Waals surface area contributed by atoms with E-state index < -0.39 is 11.8 Å². The number of nitrogens with one attached hydrogen (secondary N) is 1. The van der Waals surface area contributed by atoms with E-state index in [1.807, 2.05) is 6.92 Å². The van der Waals surface area contributed by atoms with Crippen LogP contribution in [0, 0.1) is 0 Å². The number of anilines is 1. The number of rotatable bonds is 7. The van der Waals surface area contributed by atoms with Crippen LogP contribution in [0.25, 0.3) is 0 Å². The van der Waals surface area contributed by atoms with Crippen LogP contribution in [0.5, 0.6) is 5.75 Å². The van der Waals surface area contributed by atoms with Gasteiger partial charge < -0.3 is 15.8 Å². The molecule has 0 bridgehead atoms. The number of nitrogens with zero attached hydrogens (tertiary/aromatic N) is 4. The van der Waals surface area contributed by atoms with E-state index >= 15 is 0 Å². The van der Waals surface area contributed by atoms with Gasteiger partial charge in [0.1, 0.15) is 5.75 Å². The van der Waals surface area contributed by atoms with Crippen LogP contribution in [0.2, 0.25) is 5.02 Å². The van der Waals surface area contributed by atoms with Crippen LogP contribution in [0.3, 0.4) is 0 Å². The highest BCUT2D eigenvalue weighted by Gasteiger charge is 2.18. The van der Waals surface area contributed by atoms with Crippen molar-refractivity contribution >= 4 is 29.1 Å². The number of carbonyl (C=O) groups is 2. The Bertz CT molecular complexity index is 981. The molecule has 0 saturated carbocycles. The van der Waals surface area contributed by atoms with E-state index in [-0.39, 0.29) is 23.8 Å². The molecule has 2 amide bonds. The number of para-hydroxylation sites is 1. The molecule has 1 aromatic carbocycles. The number of ether oxygens (including phenoxy) is 1. The van der Waals surface area contributed by atoms with Crippen molar-refractivity contribution < 1.29 is 14.3 Å². The van der Waals surface area contributed by atoms with Crippen molar-refractivity contribution in [3.8, 4) is 5.75 Å². The van der Waals surface area contributed by atoms with Crippen LogP contribution in [-0.2, 0) is 13.3 Å². The summed E-state index contributed by atoms with van der Waals surface area (Å²) in [5, 5.41) is 11.2. The second-order valence-electron chi connectivity index (χ2n) is 5.51. The summed E-state index contributed by atoms with van der Waals surface area (Å²) in [6.45, 7) is 2.46. The van der Waals surface area contributed by atoms with Crippen LogP contribution < -0.4 is 15.8 Å². The van der Waals surface area contributed by atoms with E-state index in [0.29, 0.717) is 17.3 Å². The number of nitrogens with two attached hydrogens (primary N) is 1. The Morgan fingerprint density at radius 1 is 1.22 bits per heavy atom. The van der Waals surface area contributed by atoms with Gasteiger partial charge >= 0.3 is 0 Å². The summed E-state index contributed by atoms with van der Waals surface area (Å²) < 4.78 is 8.52. The number of aromatic nitrogens is 4. The number of carbonyl (C=O) groups excluding carboxylic acids is 2. The average molecular weight is 389 g/mol. The van der Waals surface area contributed by atoms with E-state index in [9.17, 15) is 9.59 Å². The predicted octanol–water partition coefficient (Wildman–Crippen LogP) is 2.14. The number of amides is 2. The molecule has 10 heteroatoms. The van der Waals surface area contributed by atoms with Crippen LogP contribution in [0.1, 0.15) is 27.9 Å². The lowest BCUT2D eigenvalue weighted by Gasteiger charge is -2.07. The Hall–Kier alpha value is -3.33. The standard InChI is InChI=1S/C17H17ClN6O3/c1-2-23-9-13(15(22-23)16(19)25)20-17(26)12-7-8-24(21-12)10-27-14-6-4-3-5-11(14)18/h3-9H,2,10H2,1H3,(H2,19,25)(H,20,26). The number of aryl methyl sites for hydroxylation is 1. The molecule has 0 atom stereocenters. The van der Waals surface area contributed by atoms with E-state index in [4.69, 9.17) is 22.1 Å². The van der Waals surface area contributed by atoms with Crippen LogP contribution in [0.15, 0.2) is 42.7 Å². The number of hydrogen-bond acceptors (Lipinski definition) is 5. The van der Waals surface area contributed by atoms with Gasteiger partial charge in [0.2, 0.25) is 0 Å². The summed E-state index contributed by atoms with van der Waals surface area (Å²) in [5.41, 5.74) is 5.67. The fraction of sp³-hybridized carbons (Fsp3) is 0.176. The molecule has 0 radical (unpaired) electrons. The Balaban J connectivity index is 1.68. The summed E-state index contributed by atoms with van der Waals surface area (Å²) in [7, 11) is 0. The summed E-state index contributed by atoms with van der Waals surface area (Å²) in [5.74, 6) is -0.709. The molecule has 140 valence electrons. The monoisotopic (exact) mass is 388 g/mol. The zero-order chi connectivity index (χ0) is 19.4. The van der Waals surface area contributed by atoms with Crippen molar-refractivity contribution in [2.24, 2.45) is 5.73 Å². The number of primary amides is 1. The molecule has 0 aliphatic rings. The lowest BCUT2D eigenvalue weighted by molar-refractivity contribution is 0.0995. The van der Waals surface area contributed by atoms with Gasteiger partial charge in [-0.3, -0.25) is 14.3 Å². The first kappa shape index (κ1) is 18.5. The molecule has 0 fully saturated rings. The molecule has 2 aromatic heterocycles. The van der Waals surface area contributed by atoms with Gasteiger partial charge in [-0.2, -0.15) is 10.2 Å². The molecule has 0 aliphatic heterocycles. The molecule has 3 N–H and O–H groups in total. The fourth-order valence-electron chi connectivity index (χ4n) is 2.30. The van der Waals surface area contributed by atoms with Gasteiger partial charge in [-0.15, -0.1) is 0 Å². The number of hydrogen-bond donors (Lipinski definition) is 2. The first-order valence-corrected chi connectivity index (χ1v) is 8.45. The van der Waals surface area contributed by atoms with Crippen molar-refractivity contribution in [1.29, 1.82) is 0 Å². The Kier molecular flexibility index (Phi) is 5.41. The van der Waals surface area contributed by atoms with Gasteiger partial charge in [0.05, 0.1) is 10.7 Å². The lowest BCUT2D eigenvalue weighted by atomic mass is 10.3. The minimum atomic E-state index is -0.726. The molecule has 3 rings (SSSR count). The third-order valence-corrected chi connectivity index (χ3v) is 3.94. The van der Waals surface area contributed by atoms with Crippen LogP contribution in [-0.4, -0.2) is 31.4 Å². The highest BCUT2D eigenvalue weighted by molar-refractivity contribution is 6.32. The van der Waals surface area contributed by atoms with Gasteiger partial charge in [-0.05, 0) is 25.1 Å². The first-order valence-electron chi connectivity index (χ1n) is 8.07. The zero-order valence-electron chi connectivity index (χ0n) is 14.4. The van der Waals surface area contributed by atoms with Crippen LogP contribution in [0.4, 0.5) is 5.69 Å². The molecular formula is C17H17ClN6O3. The molecule has 0 saturated heterocycles. The first-order chi connectivity index (χ1) is 13.0. The van der Waals surface area contributed by atoms with E-state index in [2.05, 4.69) is 15.5 Å². The van der Waals surface area contributed by atoms with Gasteiger partial charge in [0, 0.05) is 18.9 Å².